The fourth-order valence-corrected chi connectivity index (χ4v) is 2.82. The molecule has 0 fully saturated rings. The summed E-state index contributed by atoms with van der Waals surface area (Å²) in [5, 5.41) is 15.0. The lowest BCUT2D eigenvalue weighted by Gasteiger charge is -2.27. The van der Waals surface area contributed by atoms with Gasteiger partial charge in [-0.05, 0) is 47.9 Å². The molecule has 0 saturated heterocycles. The molecular formula is C17H16N4O. The molecule has 0 aliphatic carbocycles. The highest BCUT2D eigenvalue weighted by Gasteiger charge is 2.20. The van der Waals surface area contributed by atoms with Gasteiger partial charge in [0, 0.05) is 23.8 Å². The molecule has 1 unspecified atom stereocenters. The van der Waals surface area contributed by atoms with E-state index in [0.717, 1.165) is 29.8 Å². The van der Waals surface area contributed by atoms with Crippen molar-refractivity contribution in [2.24, 2.45) is 5.73 Å². The predicted octanol–water partition coefficient (Wildman–Crippen LogP) is 2.80. The second-order valence-electron chi connectivity index (χ2n) is 5.38. The largest absolute Gasteiger partial charge is 0.384 e. The number of urea groups is 1. The lowest BCUT2D eigenvalue weighted by Crippen LogP contribution is -2.22. The third-order valence-corrected chi connectivity index (χ3v) is 3.87. The summed E-state index contributed by atoms with van der Waals surface area (Å²) < 4.78 is 0. The Hall–Kier alpha value is -3.00. The number of anilines is 2. The van der Waals surface area contributed by atoms with Crippen molar-refractivity contribution in [3.05, 3.63) is 59.2 Å². The van der Waals surface area contributed by atoms with E-state index in [4.69, 9.17) is 11.0 Å². The lowest BCUT2D eigenvalue weighted by atomic mass is 9.87. The minimum absolute atomic E-state index is 0.288. The molecule has 3 rings (SSSR count). The number of nitrogens with two attached hydrogens (primary N) is 1. The summed E-state index contributed by atoms with van der Waals surface area (Å²) in [6.07, 6.45) is 0.859. The summed E-state index contributed by atoms with van der Waals surface area (Å²) in [7, 11) is 0. The highest BCUT2D eigenvalue weighted by molar-refractivity contribution is 5.87. The van der Waals surface area contributed by atoms with Gasteiger partial charge in [-0.3, -0.25) is 0 Å². The molecule has 5 nitrogen and oxygen atoms in total. The van der Waals surface area contributed by atoms with Crippen LogP contribution in [0.5, 0.6) is 0 Å². The van der Waals surface area contributed by atoms with Crippen LogP contribution in [0.3, 0.4) is 0 Å². The molecule has 110 valence electrons. The standard InChI is InChI=1S/C17H16N4O/c18-9-11-4-5-16-13(6-11)7-14(10-20-16)12-2-1-3-15(8-12)21-17(19)22/h1-6,8,14,20H,7,10H2,(H3,19,21,22). The Balaban J connectivity index is 1.85. The predicted molar refractivity (Wildman–Crippen MR) is 85.7 cm³/mol. The van der Waals surface area contributed by atoms with Gasteiger partial charge < -0.3 is 16.4 Å². The Morgan fingerprint density at radius 3 is 2.95 bits per heavy atom. The Morgan fingerprint density at radius 1 is 1.32 bits per heavy atom. The number of primary amides is 1. The number of carbonyl (C=O) groups is 1. The topological polar surface area (TPSA) is 90.9 Å². The van der Waals surface area contributed by atoms with Crippen LogP contribution >= 0.6 is 0 Å². The van der Waals surface area contributed by atoms with Gasteiger partial charge in [0.15, 0.2) is 0 Å². The number of rotatable bonds is 2. The number of benzene rings is 2. The monoisotopic (exact) mass is 292 g/mol. The zero-order valence-electron chi connectivity index (χ0n) is 12.0. The number of nitrogens with zero attached hydrogens (tertiary/aromatic N) is 1. The zero-order chi connectivity index (χ0) is 15.5. The number of carbonyl (C=O) groups excluding carboxylic acids is 1. The molecule has 1 aliphatic rings. The molecule has 0 bridgehead atoms. The van der Waals surface area contributed by atoms with Crippen LogP contribution in [-0.2, 0) is 6.42 Å². The van der Waals surface area contributed by atoms with Gasteiger partial charge >= 0.3 is 6.03 Å². The minimum Gasteiger partial charge on any atom is -0.384 e. The van der Waals surface area contributed by atoms with Crippen molar-refractivity contribution in [3.8, 4) is 6.07 Å². The Morgan fingerprint density at radius 2 is 2.18 bits per heavy atom. The zero-order valence-corrected chi connectivity index (χ0v) is 12.0. The van der Waals surface area contributed by atoms with Gasteiger partial charge in [0.05, 0.1) is 11.6 Å². The van der Waals surface area contributed by atoms with Crippen LogP contribution in [0.2, 0.25) is 0 Å². The number of fused-ring (bicyclic) bond motifs is 1. The second-order valence-corrected chi connectivity index (χ2v) is 5.38. The van der Waals surface area contributed by atoms with Crippen molar-refractivity contribution < 1.29 is 4.79 Å². The summed E-state index contributed by atoms with van der Waals surface area (Å²) in [6, 6.07) is 15.0. The summed E-state index contributed by atoms with van der Waals surface area (Å²) in [4.78, 5) is 11.0. The molecular weight excluding hydrogens is 276 g/mol. The van der Waals surface area contributed by atoms with Crippen LogP contribution in [0.4, 0.5) is 16.2 Å². The molecule has 5 heteroatoms. The van der Waals surface area contributed by atoms with Crippen molar-refractivity contribution >= 4 is 17.4 Å². The quantitative estimate of drug-likeness (QED) is 0.794. The van der Waals surface area contributed by atoms with E-state index in [-0.39, 0.29) is 5.92 Å². The summed E-state index contributed by atoms with van der Waals surface area (Å²) in [5.74, 6) is 0.288. The molecule has 0 spiro atoms. The molecule has 4 N–H and O–H groups in total. The summed E-state index contributed by atoms with van der Waals surface area (Å²) >= 11 is 0. The van der Waals surface area contributed by atoms with E-state index in [2.05, 4.69) is 16.7 Å². The first-order chi connectivity index (χ1) is 10.7. The number of nitrogens with one attached hydrogen (secondary N) is 2. The van der Waals surface area contributed by atoms with Crippen molar-refractivity contribution in [1.82, 2.24) is 0 Å². The van der Waals surface area contributed by atoms with E-state index < -0.39 is 6.03 Å². The van der Waals surface area contributed by atoms with Crippen LogP contribution in [0, 0.1) is 11.3 Å². The molecule has 2 aromatic rings. The number of amides is 2. The van der Waals surface area contributed by atoms with Crippen LogP contribution < -0.4 is 16.4 Å². The van der Waals surface area contributed by atoms with E-state index in [1.54, 1.807) is 0 Å². The van der Waals surface area contributed by atoms with Gasteiger partial charge in [-0.2, -0.15) is 5.26 Å². The van der Waals surface area contributed by atoms with Crippen LogP contribution in [0.15, 0.2) is 42.5 Å². The Labute approximate surface area is 128 Å². The van der Waals surface area contributed by atoms with Crippen LogP contribution in [0.25, 0.3) is 0 Å². The molecule has 2 amide bonds. The van der Waals surface area contributed by atoms with Gasteiger partial charge in [0.2, 0.25) is 0 Å². The van der Waals surface area contributed by atoms with Crippen molar-refractivity contribution in [1.29, 1.82) is 5.26 Å². The minimum atomic E-state index is -0.567. The van der Waals surface area contributed by atoms with Gasteiger partial charge in [0.25, 0.3) is 0 Å². The first-order valence-corrected chi connectivity index (χ1v) is 7.09. The summed E-state index contributed by atoms with van der Waals surface area (Å²) in [5.41, 5.74) is 9.88. The van der Waals surface area contributed by atoms with Crippen LogP contribution in [-0.4, -0.2) is 12.6 Å². The molecule has 2 aromatic carbocycles. The third-order valence-electron chi connectivity index (χ3n) is 3.87. The SMILES string of the molecule is N#Cc1ccc2c(c1)CC(c1cccc(NC(N)=O)c1)CN2. The maximum atomic E-state index is 11.0. The van der Waals surface area contributed by atoms with Crippen molar-refractivity contribution in [2.75, 3.05) is 17.2 Å². The first-order valence-electron chi connectivity index (χ1n) is 7.09. The van der Waals surface area contributed by atoms with E-state index in [9.17, 15) is 4.79 Å². The highest BCUT2D eigenvalue weighted by atomic mass is 16.2. The Kier molecular flexibility index (Phi) is 3.67. The van der Waals surface area contributed by atoms with Crippen molar-refractivity contribution in [3.63, 3.8) is 0 Å². The molecule has 22 heavy (non-hydrogen) atoms. The maximum absolute atomic E-state index is 11.0. The fourth-order valence-electron chi connectivity index (χ4n) is 2.82. The second kappa shape index (κ2) is 5.78. The highest BCUT2D eigenvalue weighted by Crippen LogP contribution is 2.32. The normalized spacial score (nSPS) is 16.0. The smallest absolute Gasteiger partial charge is 0.316 e. The Bertz CT molecular complexity index is 763. The van der Waals surface area contributed by atoms with Crippen molar-refractivity contribution in [2.45, 2.75) is 12.3 Å². The molecule has 0 saturated carbocycles. The van der Waals surface area contributed by atoms with Gasteiger partial charge in [-0.1, -0.05) is 12.1 Å². The van der Waals surface area contributed by atoms with Crippen LogP contribution in [0.1, 0.15) is 22.6 Å². The molecule has 0 radical (unpaired) electrons. The van der Waals surface area contributed by atoms with E-state index >= 15 is 0 Å². The molecule has 1 heterocycles. The van der Waals surface area contributed by atoms with E-state index in [1.165, 1.54) is 0 Å². The first kappa shape index (κ1) is 14.0. The molecule has 1 atom stereocenters. The maximum Gasteiger partial charge on any atom is 0.316 e. The molecule has 1 aliphatic heterocycles. The summed E-state index contributed by atoms with van der Waals surface area (Å²) in [6.45, 7) is 0.818. The molecule has 0 aromatic heterocycles. The number of hydrogen-bond acceptors (Lipinski definition) is 3. The average molecular weight is 292 g/mol. The van der Waals surface area contributed by atoms with E-state index in [0.29, 0.717) is 11.3 Å². The van der Waals surface area contributed by atoms with E-state index in [1.807, 2.05) is 42.5 Å². The number of hydrogen-bond donors (Lipinski definition) is 3. The fraction of sp³-hybridized carbons (Fsp3) is 0.176. The van der Waals surface area contributed by atoms with Gasteiger partial charge in [-0.15, -0.1) is 0 Å². The lowest BCUT2D eigenvalue weighted by molar-refractivity contribution is 0.259. The van der Waals surface area contributed by atoms with Gasteiger partial charge in [-0.25, -0.2) is 4.79 Å². The number of nitriles is 1. The third kappa shape index (κ3) is 2.86. The van der Waals surface area contributed by atoms with Gasteiger partial charge in [0.1, 0.15) is 0 Å². The average Bonchev–Trinajstić information content (AvgIpc) is 2.53.